The summed E-state index contributed by atoms with van der Waals surface area (Å²) in [6.45, 7) is 1.99. The molecule has 0 aliphatic carbocycles. The normalized spacial score (nSPS) is 9.91. The van der Waals surface area contributed by atoms with Crippen molar-refractivity contribution in [3.63, 3.8) is 0 Å². The average molecular weight is 327 g/mol. The number of amides is 1. The van der Waals surface area contributed by atoms with Crippen LogP contribution < -0.4 is 5.32 Å². The number of hydrogen-bond acceptors (Lipinski definition) is 5. The minimum atomic E-state index is -0.584. The lowest BCUT2D eigenvalue weighted by atomic mass is 10.1. The first-order valence-electron chi connectivity index (χ1n) is 6.67. The van der Waals surface area contributed by atoms with Crippen LogP contribution in [0.1, 0.15) is 11.1 Å². The first kappa shape index (κ1) is 16.5. The van der Waals surface area contributed by atoms with E-state index in [-0.39, 0.29) is 28.6 Å². The molecule has 1 N–H and O–H groups in total. The number of rotatable bonds is 5. The van der Waals surface area contributed by atoms with Crippen LogP contribution in [0.3, 0.4) is 0 Å². The average Bonchev–Trinajstić information content (AvgIpc) is 2.54. The van der Waals surface area contributed by atoms with E-state index in [1.54, 1.807) is 0 Å². The predicted molar refractivity (Wildman–Crippen MR) is 88.3 cm³/mol. The molecule has 0 saturated carbocycles. The van der Waals surface area contributed by atoms with Crippen LogP contribution in [0, 0.1) is 28.4 Å². The van der Waals surface area contributed by atoms with Crippen molar-refractivity contribution >= 4 is 29.0 Å². The number of carbonyl (C=O) groups excluding carboxylic acids is 1. The molecular weight excluding hydrogens is 314 g/mol. The Bertz CT molecular complexity index is 782. The summed E-state index contributed by atoms with van der Waals surface area (Å²) in [6.07, 6.45) is 0. The van der Waals surface area contributed by atoms with Crippen molar-refractivity contribution in [1.82, 2.24) is 0 Å². The number of nitro groups is 1. The van der Waals surface area contributed by atoms with E-state index in [4.69, 9.17) is 5.26 Å². The summed E-state index contributed by atoms with van der Waals surface area (Å²) in [5.74, 6) is -0.0915. The molecule has 23 heavy (non-hydrogen) atoms. The summed E-state index contributed by atoms with van der Waals surface area (Å²) in [6, 6.07) is 13.4. The van der Waals surface area contributed by atoms with Gasteiger partial charge in [0.15, 0.2) is 0 Å². The van der Waals surface area contributed by atoms with E-state index in [1.807, 2.05) is 37.3 Å². The fourth-order valence-corrected chi connectivity index (χ4v) is 2.52. The molecule has 0 radical (unpaired) electrons. The Labute approximate surface area is 137 Å². The lowest BCUT2D eigenvalue weighted by molar-refractivity contribution is -0.384. The maximum absolute atomic E-state index is 12.0. The van der Waals surface area contributed by atoms with E-state index in [0.717, 1.165) is 16.5 Å². The maximum atomic E-state index is 12.0. The number of anilines is 1. The molecule has 6 nitrogen and oxygen atoms in total. The second kappa shape index (κ2) is 7.42. The van der Waals surface area contributed by atoms with Gasteiger partial charge in [0.05, 0.1) is 21.9 Å². The number of carbonyl (C=O) groups is 1. The number of nitrogens with zero attached hydrogens (tertiary/aromatic N) is 2. The molecule has 116 valence electrons. The topological polar surface area (TPSA) is 96.0 Å². The molecule has 2 rings (SSSR count). The van der Waals surface area contributed by atoms with Gasteiger partial charge in [-0.2, -0.15) is 5.26 Å². The van der Waals surface area contributed by atoms with Crippen LogP contribution in [0.15, 0.2) is 47.4 Å². The Morgan fingerprint density at radius 3 is 2.61 bits per heavy atom. The fourth-order valence-electron chi connectivity index (χ4n) is 1.82. The standard InChI is InChI=1S/C16H13N3O3S/c1-11-2-5-14(6-3-11)23-10-16(20)18-15-7-4-13(19(21)22)8-12(15)9-17/h2-8H,10H2,1H3,(H,18,20). The Morgan fingerprint density at radius 1 is 1.30 bits per heavy atom. The highest BCUT2D eigenvalue weighted by atomic mass is 32.2. The van der Waals surface area contributed by atoms with Gasteiger partial charge in [0.25, 0.3) is 5.69 Å². The van der Waals surface area contributed by atoms with Crippen molar-refractivity contribution in [1.29, 1.82) is 5.26 Å². The van der Waals surface area contributed by atoms with Crippen LogP contribution >= 0.6 is 11.8 Å². The van der Waals surface area contributed by atoms with Gasteiger partial charge >= 0.3 is 0 Å². The zero-order chi connectivity index (χ0) is 16.8. The summed E-state index contributed by atoms with van der Waals surface area (Å²) in [4.78, 5) is 23.0. The van der Waals surface area contributed by atoms with Gasteiger partial charge in [0.1, 0.15) is 6.07 Å². The fraction of sp³-hybridized carbons (Fsp3) is 0.125. The smallest absolute Gasteiger partial charge is 0.270 e. The number of nitrogens with one attached hydrogen (secondary N) is 1. The lowest BCUT2D eigenvalue weighted by Gasteiger charge is -2.07. The third-order valence-electron chi connectivity index (χ3n) is 3.00. The first-order chi connectivity index (χ1) is 11.0. The molecule has 1 amide bonds. The van der Waals surface area contributed by atoms with E-state index in [9.17, 15) is 14.9 Å². The Hall–Kier alpha value is -2.85. The highest BCUT2D eigenvalue weighted by Crippen LogP contribution is 2.23. The van der Waals surface area contributed by atoms with Gasteiger partial charge in [-0.1, -0.05) is 17.7 Å². The predicted octanol–water partition coefficient (Wildman–Crippen LogP) is 3.51. The van der Waals surface area contributed by atoms with E-state index in [2.05, 4.69) is 5.32 Å². The Kier molecular flexibility index (Phi) is 5.33. The highest BCUT2D eigenvalue weighted by Gasteiger charge is 2.12. The summed E-state index contributed by atoms with van der Waals surface area (Å²) in [5.41, 5.74) is 1.29. The molecule has 0 bridgehead atoms. The zero-order valence-electron chi connectivity index (χ0n) is 12.3. The Balaban J connectivity index is 2.01. The summed E-state index contributed by atoms with van der Waals surface area (Å²) in [5, 5.41) is 22.3. The van der Waals surface area contributed by atoms with Gasteiger partial charge in [-0.25, -0.2) is 0 Å². The minimum absolute atomic E-state index is 0.0629. The number of non-ortho nitro benzene ring substituents is 1. The van der Waals surface area contributed by atoms with Gasteiger partial charge in [-0.3, -0.25) is 14.9 Å². The number of nitriles is 1. The monoisotopic (exact) mass is 327 g/mol. The van der Waals surface area contributed by atoms with E-state index < -0.39 is 4.92 Å². The second-order valence-electron chi connectivity index (χ2n) is 4.75. The lowest BCUT2D eigenvalue weighted by Crippen LogP contribution is -2.15. The SMILES string of the molecule is Cc1ccc(SCC(=O)Nc2ccc([N+](=O)[O-])cc2C#N)cc1. The number of aryl methyl sites for hydroxylation is 1. The molecule has 0 aliphatic rings. The summed E-state index contributed by atoms with van der Waals surface area (Å²) < 4.78 is 0. The van der Waals surface area contributed by atoms with Crippen molar-refractivity contribution < 1.29 is 9.72 Å². The first-order valence-corrected chi connectivity index (χ1v) is 7.66. The molecule has 0 heterocycles. The van der Waals surface area contributed by atoms with Crippen LogP contribution in [0.4, 0.5) is 11.4 Å². The van der Waals surface area contributed by atoms with Crippen LogP contribution in [0.5, 0.6) is 0 Å². The molecule has 2 aromatic rings. The summed E-state index contributed by atoms with van der Waals surface area (Å²) >= 11 is 1.37. The van der Waals surface area contributed by atoms with Crippen molar-refractivity contribution in [3.8, 4) is 6.07 Å². The van der Waals surface area contributed by atoms with Crippen LogP contribution in [-0.4, -0.2) is 16.6 Å². The third kappa shape index (κ3) is 4.56. The molecule has 0 aliphatic heterocycles. The van der Waals surface area contributed by atoms with Crippen LogP contribution in [0.2, 0.25) is 0 Å². The van der Waals surface area contributed by atoms with E-state index in [1.165, 1.54) is 23.9 Å². The number of nitro benzene ring substituents is 1. The summed E-state index contributed by atoms with van der Waals surface area (Å²) in [7, 11) is 0. The molecule has 0 spiro atoms. The molecular formula is C16H13N3O3S. The van der Waals surface area contributed by atoms with Crippen molar-refractivity contribution in [2.75, 3.05) is 11.1 Å². The maximum Gasteiger partial charge on any atom is 0.270 e. The quantitative estimate of drug-likeness (QED) is 0.515. The molecule has 0 atom stereocenters. The highest BCUT2D eigenvalue weighted by molar-refractivity contribution is 8.00. The van der Waals surface area contributed by atoms with Gasteiger partial charge in [0.2, 0.25) is 5.91 Å². The molecule has 7 heteroatoms. The molecule has 0 fully saturated rings. The van der Waals surface area contributed by atoms with E-state index >= 15 is 0 Å². The molecule has 0 aromatic heterocycles. The molecule has 2 aromatic carbocycles. The third-order valence-corrected chi connectivity index (χ3v) is 4.01. The van der Waals surface area contributed by atoms with Crippen molar-refractivity contribution in [2.24, 2.45) is 0 Å². The van der Waals surface area contributed by atoms with E-state index in [0.29, 0.717) is 0 Å². The minimum Gasteiger partial charge on any atom is -0.324 e. The van der Waals surface area contributed by atoms with Crippen LogP contribution in [0.25, 0.3) is 0 Å². The number of thioether (sulfide) groups is 1. The van der Waals surface area contributed by atoms with Crippen molar-refractivity contribution in [2.45, 2.75) is 11.8 Å². The van der Waals surface area contributed by atoms with Gasteiger partial charge in [-0.05, 0) is 25.1 Å². The number of hydrogen-bond donors (Lipinski definition) is 1. The zero-order valence-corrected chi connectivity index (χ0v) is 13.1. The van der Waals surface area contributed by atoms with Crippen LogP contribution in [-0.2, 0) is 4.79 Å². The molecule has 0 unspecified atom stereocenters. The number of benzene rings is 2. The Morgan fingerprint density at radius 2 is 2.00 bits per heavy atom. The second-order valence-corrected chi connectivity index (χ2v) is 5.80. The van der Waals surface area contributed by atoms with Gasteiger partial charge < -0.3 is 5.32 Å². The van der Waals surface area contributed by atoms with Crippen molar-refractivity contribution in [3.05, 3.63) is 63.7 Å². The largest absolute Gasteiger partial charge is 0.324 e. The van der Waals surface area contributed by atoms with Gasteiger partial charge in [-0.15, -0.1) is 11.8 Å². The van der Waals surface area contributed by atoms with Gasteiger partial charge in [0, 0.05) is 17.0 Å². The molecule has 0 saturated heterocycles.